The molecule has 4 nitrogen and oxygen atoms in total. The quantitative estimate of drug-likeness (QED) is 0.536. The molecule has 1 saturated carbocycles. The van der Waals surface area contributed by atoms with Crippen LogP contribution in [0.3, 0.4) is 0 Å². The number of rotatable bonds is 3. The number of benzene rings is 1. The normalized spacial score (nSPS) is 22.3. The highest BCUT2D eigenvalue weighted by Crippen LogP contribution is 2.39. The Morgan fingerprint density at radius 3 is 2.67 bits per heavy atom. The molecule has 2 atom stereocenters. The summed E-state index contributed by atoms with van der Waals surface area (Å²) in [5.74, 6) is -2.36. The van der Waals surface area contributed by atoms with Gasteiger partial charge in [-0.25, -0.2) is 18.7 Å². The molecule has 2 aromatic heterocycles. The van der Waals surface area contributed by atoms with Gasteiger partial charge < -0.3 is 5.73 Å². The van der Waals surface area contributed by atoms with Crippen molar-refractivity contribution >= 4 is 16.5 Å². The Hall–Kier alpha value is -2.94. The van der Waals surface area contributed by atoms with E-state index in [0.29, 0.717) is 52.7 Å². The van der Waals surface area contributed by atoms with Gasteiger partial charge in [-0.2, -0.15) is 13.2 Å². The van der Waals surface area contributed by atoms with Gasteiger partial charge in [0.1, 0.15) is 5.82 Å². The monoisotopic (exact) mass is 460 g/mol. The topological polar surface area (TPSA) is 64.7 Å². The third kappa shape index (κ3) is 4.21. The lowest BCUT2D eigenvalue weighted by Crippen LogP contribution is -2.42. The molecular weight excluding hydrogens is 439 g/mol. The van der Waals surface area contributed by atoms with Crippen molar-refractivity contribution in [2.24, 2.45) is 11.7 Å². The van der Waals surface area contributed by atoms with E-state index in [1.807, 2.05) is 6.08 Å². The minimum atomic E-state index is -4.40. The summed E-state index contributed by atoms with van der Waals surface area (Å²) >= 11 is 0. The summed E-state index contributed by atoms with van der Waals surface area (Å²) in [5, 5.41) is 0.692. The van der Waals surface area contributed by atoms with Gasteiger partial charge in [-0.3, -0.25) is 4.98 Å². The van der Waals surface area contributed by atoms with Gasteiger partial charge >= 0.3 is 6.18 Å². The summed E-state index contributed by atoms with van der Waals surface area (Å²) in [5.41, 5.74) is 8.75. The molecule has 1 aromatic carbocycles. The van der Waals surface area contributed by atoms with Gasteiger partial charge in [0, 0.05) is 54.8 Å². The predicted molar refractivity (Wildman–Crippen MR) is 114 cm³/mol. The molecule has 2 aliphatic rings. The fourth-order valence-electron chi connectivity index (χ4n) is 4.78. The second-order valence-corrected chi connectivity index (χ2v) is 8.83. The molecule has 2 unspecified atom stereocenters. The van der Waals surface area contributed by atoms with E-state index in [4.69, 9.17) is 10.7 Å². The standard InChI is InChI=1S/C24H21F5N4/c25-23(26)6-5-14(20(30)9-23)8-21-32-11-15-10-31-12-19(22(15)33-21)18-3-1-13-7-16(24(27,28)29)2-4-17(13)18/h2-4,7,10-12,14,20H,1,5-6,8-9,30H2. The number of pyridine rings is 1. The van der Waals surface area contributed by atoms with Crippen LogP contribution in [0.4, 0.5) is 22.0 Å². The number of alkyl halides is 5. The summed E-state index contributed by atoms with van der Waals surface area (Å²) in [4.78, 5) is 13.3. The molecule has 172 valence electrons. The van der Waals surface area contributed by atoms with Crippen molar-refractivity contribution in [3.8, 4) is 0 Å². The summed E-state index contributed by atoms with van der Waals surface area (Å²) in [6.45, 7) is 0. The average molecular weight is 460 g/mol. The Morgan fingerprint density at radius 1 is 1.09 bits per heavy atom. The number of aromatic nitrogens is 3. The molecule has 33 heavy (non-hydrogen) atoms. The van der Waals surface area contributed by atoms with E-state index in [-0.39, 0.29) is 18.8 Å². The van der Waals surface area contributed by atoms with Crippen molar-refractivity contribution in [2.45, 2.75) is 50.2 Å². The van der Waals surface area contributed by atoms with Crippen molar-refractivity contribution in [1.29, 1.82) is 0 Å². The summed E-state index contributed by atoms with van der Waals surface area (Å²) in [7, 11) is 0. The first-order valence-electron chi connectivity index (χ1n) is 10.7. The molecule has 0 aliphatic heterocycles. The second-order valence-electron chi connectivity index (χ2n) is 8.83. The number of nitrogens with zero attached hydrogens (tertiary/aromatic N) is 3. The third-order valence-electron chi connectivity index (χ3n) is 6.54. The molecule has 0 amide bonds. The lowest BCUT2D eigenvalue weighted by atomic mass is 9.81. The lowest BCUT2D eigenvalue weighted by molar-refractivity contribution is -0.137. The van der Waals surface area contributed by atoms with Crippen LogP contribution < -0.4 is 5.73 Å². The Morgan fingerprint density at radius 2 is 1.91 bits per heavy atom. The van der Waals surface area contributed by atoms with E-state index in [2.05, 4.69) is 9.97 Å². The van der Waals surface area contributed by atoms with Crippen LogP contribution in [0, 0.1) is 5.92 Å². The van der Waals surface area contributed by atoms with E-state index in [9.17, 15) is 22.0 Å². The van der Waals surface area contributed by atoms with Gasteiger partial charge in [0.15, 0.2) is 0 Å². The van der Waals surface area contributed by atoms with Crippen molar-refractivity contribution in [3.05, 3.63) is 70.9 Å². The first-order chi connectivity index (χ1) is 15.6. The van der Waals surface area contributed by atoms with Crippen molar-refractivity contribution < 1.29 is 22.0 Å². The molecule has 0 saturated heterocycles. The van der Waals surface area contributed by atoms with Crippen LogP contribution in [0.5, 0.6) is 0 Å². The number of nitrogens with two attached hydrogens (primary N) is 1. The Balaban J connectivity index is 1.47. The van der Waals surface area contributed by atoms with Crippen molar-refractivity contribution in [1.82, 2.24) is 15.0 Å². The lowest BCUT2D eigenvalue weighted by Gasteiger charge is -2.33. The van der Waals surface area contributed by atoms with Gasteiger partial charge in [-0.1, -0.05) is 12.1 Å². The predicted octanol–water partition coefficient (Wildman–Crippen LogP) is 5.34. The number of allylic oxidation sites excluding steroid dienone is 1. The molecule has 5 rings (SSSR count). The van der Waals surface area contributed by atoms with E-state index in [1.165, 1.54) is 12.1 Å². The molecule has 9 heteroatoms. The van der Waals surface area contributed by atoms with E-state index in [1.54, 1.807) is 18.6 Å². The second kappa shape index (κ2) is 7.83. The summed E-state index contributed by atoms with van der Waals surface area (Å²) < 4.78 is 66.5. The molecule has 0 spiro atoms. The van der Waals surface area contributed by atoms with Gasteiger partial charge in [0.25, 0.3) is 0 Å². The number of hydrogen-bond donors (Lipinski definition) is 1. The first-order valence-corrected chi connectivity index (χ1v) is 10.7. The van der Waals surface area contributed by atoms with Crippen LogP contribution in [0.15, 0.2) is 42.9 Å². The summed E-state index contributed by atoms with van der Waals surface area (Å²) in [6.07, 6.45) is 2.92. The maximum Gasteiger partial charge on any atom is 0.416 e. The fraction of sp³-hybridized carbons (Fsp3) is 0.375. The summed E-state index contributed by atoms with van der Waals surface area (Å²) in [6, 6.07) is 3.12. The van der Waals surface area contributed by atoms with Crippen molar-refractivity contribution in [2.75, 3.05) is 0 Å². The highest BCUT2D eigenvalue weighted by Gasteiger charge is 2.40. The average Bonchev–Trinajstić information content (AvgIpc) is 3.17. The Labute approximate surface area is 186 Å². The zero-order chi connectivity index (χ0) is 23.4. The Bertz CT molecular complexity index is 1250. The molecule has 0 radical (unpaired) electrons. The van der Waals surface area contributed by atoms with Crippen LogP contribution in [0.2, 0.25) is 0 Å². The molecule has 0 bridgehead atoms. The van der Waals surface area contributed by atoms with E-state index < -0.39 is 23.7 Å². The number of fused-ring (bicyclic) bond motifs is 2. The molecular formula is C24H21F5N4. The van der Waals surface area contributed by atoms with Gasteiger partial charge in [-0.05, 0) is 47.6 Å². The van der Waals surface area contributed by atoms with Crippen LogP contribution in [-0.4, -0.2) is 26.9 Å². The van der Waals surface area contributed by atoms with Crippen LogP contribution in [0.1, 0.15) is 47.3 Å². The third-order valence-corrected chi connectivity index (χ3v) is 6.54. The highest BCUT2D eigenvalue weighted by atomic mass is 19.4. The van der Waals surface area contributed by atoms with Crippen LogP contribution in [0.25, 0.3) is 16.5 Å². The molecule has 2 aliphatic carbocycles. The van der Waals surface area contributed by atoms with Gasteiger partial charge in [-0.15, -0.1) is 0 Å². The molecule has 2 heterocycles. The molecule has 3 aromatic rings. The first kappa shape index (κ1) is 21.9. The van der Waals surface area contributed by atoms with Gasteiger partial charge in [0.05, 0.1) is 11.1 Å². The Kier molecular flexibility index (Phi) is 5.19. The van der Waals surface area contributed by atoms with Crippen molar-refractivity contribution in [3.63, 3.8) is 0 Å². The minimum Gasteiger partial charge on any atom is -0.327 e. The van der Waals surface area contributed by atoms with Crippen LogP contribution >= 0.6 is 0 Å². The SMILES string of the molecule is NC1CC(F)(F)CCC1Cc1ncc2cncc(C3=CCc4cc(C(F)(F)F)ccc43)c2n1. The van der Waals surface area contributed by atoms with E-state index in [0.717, 1.165) is 11.6 Å². The molecule has 2 N–H and O–H groups in total. The molecule has 1 fully saturated rings. The zero-order valence-electron chi connectivity index (χ0n) is 17.5. The number of hydrogen-bond acceptors (Lipinski definition) is 4. The maximum atomic E-state index is 13.6. The largest absolute Gasteiger partial charge is 0.416 e. The zero-order valence-corrected chi connectivity index (χ0v) is 17.5. The smallest absolute Gasteiger partial charge is 0.327 e. The maximum absolute atomic E-state index is 13.6. The van der Waals surface area contributed by atoms with E-state index >= 15 is 0 Å². The van der Waals surface area contributed by atoms with Crippen LogP contribution in [-0.2, 0) is 19.0 Å². The van der Waals surface area contributed by atoms with Gasteiger partial charge in [0.2, 0.25) is 5.92 Å². The minimum absolute atomic E-state index is 0.139. The fourth-order valence-corrected chi connectivity index (χ4v) is 4.78. The highest BCUT2D eigenvalue weighted by molar-refractivity contribution is 5.96. The number of halogens is 5.